The summed E-state index contributed by atoms with van der Waals surface area (Å²) in [5.74, 6) is 0.520. The molecule has 3 aliphatic heterocycles. The van der Waals surface area contributed by atoms with Crippen molar-refractivity contribution in [3.63, 3.8) is 0 Å². The highest BCUT2D eigenvalue weighted by Crippen LogP contribution is 2.31. The summed E-state index contributed by atoms with van der Waals surface area (Å²) in [4.78, 5) is 21.8. The van der Waals surface area contributed by atoms with Gasteiger partial charge in [-0.05, 0) is 43.4 Å². The number of hydrogen-bond donors (Lipinski definition) is 0. The number of piperidine rings is 1. The number of carbonyl (C=O) groups is 1. The summed E-state index contributed by atoms with van der Waals surface area (Å²) in [7, 11) is 1.79. The molecule has 3 aliphatic rings. The number of halogens is 1. The van der Waals surface area contributed by atoms with Gasteiger partial charge < -0.3 is 4.90 Å². The number of nitrogens with zero attached hydrogens (tertiary/aromatic N) is 5. The van der Waals surface area contributed by atoms with Crippen LogP contribution in [0.1, 0.15) is 34.6 Å². The maximum Gasteiger partial charge on any atom is 0.273 e. The van der Waals surface area contributed by atoms with E-state index in [0.29, 0.717) is 22.3 Å². The Bertz CT molecular complexity index is 806. The summed E-state index contributed by atoms with van der Waals surface area (Å²) in [6.45, 7) is 5.48. The van der Waals surface area contributed by atoms with Crippen LogP contribution < -0.4 is 0 Å². The van der Waals surface area contributed by atoms with Crippen LogP contribution in [0.3, 0.4) is 0 Å². The summed E-state index contributed by atoms with van der Waals surface area (Å²) in [6, 6.07) is 4.36. The molecule has 26 heavy (non-hydrogen) atoms. The topological polar surface area (TPSA) is 54.3 Å². The molecule has 0 spiro atoms. The number of aryl methyl sites for hydroxylation is 2. The molecular formula is C19H24ClN5O. The van der Waals surface area contributed by atoms with Crippen molar-refractivity contribution in [2.45, 2.75) is 32.4 Å². The smallest absolute Gasteiger partial charge is 0.273 e. The van der Waals surface area contributed by atoms with Crippen molar-refractivity contribution >= 4 is 17.5 Å². The summed E-state index contributed by atoms with van der Waals surface area (Å²) in [5.41, 5.74) is 2.48. The van der Waals surface area contributed by atoms with Gasteiger partial charge in [-0.1, -0.05) is 11.6 Å². The Morgan fingerprint density at radius 1 is 1.23 bits per heavy atom. The van der Waals surface area contributed by atoms with E-state index in [4.69, 9.17) is 11.6 Å². The van der Waals surface area contributed by atoms with Crippen molar-refractivity contribution in [2.24, 2.45) is 13.0 Å². The molecular weight excluding hydrogens is 350 g/mol. The van der Waals surface area contributed by atoms with E-state index in [1.807, 2.05) is 24.2 Å². The van der Waals surface area contributed by atoms with E-state index in [9.17, 15) is 4.79 Å². The maximum atomic E-state index is 13.2. The van der Waals surface area contributed by atoms with Gasteiger partial charge in [-0.15, -0.1) is 0 Å². The van der Waals surface area contributed by atoms with E-state index < -0.39 is 0 Å². The normalized spacial score (nSPS) is 23.3. The standard InChI is InChI=1S/C19H24ClN5O/c1-13-17(20)18(23(2)22-13)19(26)25-11-15-3-4-16(25)12-24(10-15)9-14-5-7-21-8-6-14/h5-8,15-16H,3-4,9-12H2,1-2H3/t15-,16+/m0/s1. The van der Waals surface area contributed by atoms with Crippen molar-refractivity contribution in [2.75, 3.05) is 19.6 Å². The number of rotatable bonds is 3. The quantitative estimate of drug-likeness (QED) is 0.829. The van der Waals surface area contributed by atoms with Gasteiger partial charge in [0, 0.05) is 51.7 Å². The lowest BCUT2D eigenvalue weighted by Gasteiger charge is -2.36. The molecule has 0 saturated carbocycles. The molecule has 0 aliphatic carbocycles. The minimum atomic E-state index is 0.0126. The molecule has 2 atom stereocenters. The maximum absolute atomic E-state index is 13.2. The van der Waals surface area contributed by atoms with E-state index in [2.05, 4.69) is 27.1 Å². The summed E-state index contributed by atoms with van der Waals surface area (Å²) < 4.78 is 1.62. The van der Waals surface area contributed by atoms with Crippen LogP contribution in [0.2, 0.25) is 5.02 Å². The molecule has 2 aromatic heterocycles. The van der Waals surface area contributed by atoms with Crippen molar-refractivity contribution in [3.05, 3.63) is 46.5 Å². The molecule has 0 unspecified atom stereocenters. The van der Waals surface area contributed by atoms with Gasteiger partial charge in [0.1, 0.15) is 5.69 Å². The van der Waals surface area contributed by atoms with Gasteiger partial charge in [-0.2, -0.15) is 5.10 Å². The van der Waals surface area contributed by atoms with Crippen molar-refractivity contribution in [3.8, 4) is 0 Å². The van der Waals surface area contributed by atoms with Gasteiger partial charge in [0.2, 0.25) is 0 Å². The molecule has 3 saturated heterocycles. The lowest BCUT2D eigenvalue weighted by atomic mass is 9.94. The van der Waals surface area contributed by atoms with Gasteiger partial charge in [-0.25, -0.2) is 0 Å². The number of aromatic nitrogens is 3. The van der Waals surface area contributed by atoms with Crippen molar-refractivity contribution < 1.29 is 4.79 Å². The third kappa shape index (κ3) is 3.23. The zero-order chi connectivity index (χ0) is 18.3. The Kier molecular flexibility index (Phi) is 4.71. The second-order valence-corrected chi connectivity index (χ2v) is 7.85. The van der Waals surface area contributed by atoms with Gasteiger partial charge in [0.05, 0.1) is 10.7 Å². The zero-order valence-electron chi connectivity index (χ0n) is 15.2. The minimum absolute atomic E-state index is 0.0126. The predicted molar refractivity (Wildman–Crippen MR) is 100 cm³/mol. The van der Waals surface area contributed by atoms with Crippen LogP contribution in [-0.2, 0) is 13.6 Å². The second-order valence-electron chi connectivity index (χ2n) is 7.48. The summed E-state index contributed by atoms with van der Waals surface area (Å²) >= 11 is 6.36. The molecule has 6 nitrogen and oxygen atoms in total. The molecule has 0 aromatic carbocycles. The summed E-state index contributed by atoms with van der Waals surface area (Å²) in [5, 5.41) is 4.78. The SMILES string of the molecule is Cc1nn(C)c(C(=O)N2C[C@H]3CC[C@@H]2CN(Cc2ccncc2)C3)c1Cl. The Morgan fingerprint density at radius 3 is 2.69 bits per heavy atom. The van der Waals surface area contributed by atoms with Crippen LogP contribution in [-0.4, -0.2) is 56.1 Å². The van der Waals surface area contributed by atoms with Crippen LogP contribution in [0.15, 0.2) is 24.5 Å². The number of amides is 1. The first-order valence-corrected chi connectivity index (χ1v) is 9.52. The average molecular weight is 374 g/mol. The van der Waals surface area contributed by atoms with Crippen LogP contribution >= 0.6 is 11.6 Å². The Labute approximate surface area is 158 Å². The van der Waals surface area contributed by atoms with E-state index >= 15 is 0 Å². The second kappa shape index (κ2) is 7.00. The van der Waals surface area contributed by atoms with Gasteiger partial charge in [0.25, 0.3) is 5.91 Å². The molecule has 5 heterocycles. The van der Waals surface area contributed by atoms with Crippen LogP contribution in [0.4, 0.5) is 0 Å². The molecule has 0 N–H and O–H groups in total. The number of pyridine rings is 1. The van der Waals surface area contributed by atoms with E-state index in [0.717, 1.165) is 32.6 Å². The molecule has 5 rings (SSSR count). The van der Waals surface area contributed by atoms with Gasteiger partial charge in [-0.3, -0.25) is 19.4 Å². The Hall–Kier alpha value is -1.92. The Balaban J connectivity index is 1.54. The fraction of sp³-hybridized carbons (Fsp3) is 0.526. The monoisotopic (exact) mass is 373 g/mol. The third-order valence-corrected chi connectivity index (χ3v) is 6.01. The number of hydrogen-bond acceptors (Lipinski definition) is 4. The van der Waals surface area contributed by atoms with Crippen molar-refractivity contribution in [1.29, 1.82) is 0 Å². The minimum Gasteiger partial charge on any atom is -0.333 e. The molecule has 3 fully saturated rings. The first kappa shape index (κ1) is 17.5. The van der Waals surface area contributed by atoms with E-state index in [1.165, 1.54) is 12.0 Å². The lowest BCUT2D eigenvalue weighted by molar-refractivity contribution is 0.0574. The van der Waals surface area contributed by atoms with Gasteiger partial charge in [0.15, 0.2) is 0 Å². The highest BCUT2D eigenvalue weighted by molar-refractivity contribution is 6.34. The fourth-order valence-corrected chi connectivity index (χ4v) is 4.54. The highest BCUT2D eigenvalue weighted by atomic mass is 35.5. The lowest BCUT2D eigenvalue weighted by Crippen LogP contribution is -2.47. The highest BCUT2D eigenvalue weighted by Gasteiger charge is 2.39. The fourth-order valence-electron chi connectivity index (χ4n) is 4.30. The zero-order valence-corrected chi connectivity index (χ0v) is 16.0. The van der Waals surface area contributed by atoms with Crippen LogP contribution in [0.5, 0.6) is 0 Å². The Morgan fingerprint density at radius 2 is 2.00 bits per heavy atom. The first-order valence-electron chi connectivity index (χ1n) is 9.14. The number of fused-ring (bicyclic) bond motifs is 4. The molecule has 0 radical (unpaired) electrons. The van der Waals surface area contributed by atoms with Crippen LogP contribution in [0, 0.1) is 12.8 Å². The largest absolute Gasteiger partial charge is 0.333 e. The van der Waals surface area contributed by atoms with E-state index in [-0.39, 0.29) is 11.9 Å². The third-order valence-electron chi connectivity index (χ3n) is 5.56. The van der Waals surface area contributed by atoms with Crippen molar-refractivity contribution in [1.82, 2.24) is 24.6 Å². The van der Waals surface area contributed by atoms with Gasteiger partial charge >= 0.3 is 0 Å². The van der Waals surface area contributed by atoms with E-state index in [1.54, 1.807) is 11.7 Å². The average Bonchev–Trinajstić information content (AvgIpc) is 2.79. The number of carbonyl (C=O) groups excluding carboxylic acids is 1. The summed E-state index contributed by atoms with van der Waals surface area (Å²) in [6.07, 6.45) is 5.91. The molecule has 2 bridgehead atoms. The van der Waals surface area contributed by atoms with Crippen LogP contribution in [0.25, 0.3) is 0 Å². The molecule has 138 valence electrons. The predicted octanol–water partition coefficient (Wildman–Crippen LogP) is 2.51. The molecule has 1 amide bonds. The molecule has 7 heteroatoms. The first-order chi connectivity index (χ1) is 12.5. The molecule has 2 aromatic rings.